The van der Waals surface area contributed by atoms with Crippen LogP contribution in [0, 0.1) is 0 Å². The van der Waals surface area contributed by atoms with E-state index >= 15 is 0 Å². The Balaban J connectivity index is 2.35. The molecule has 0 saturated carbocycles. The van der Waals surface area contributed by atoms with Gasteiger partial charge in [0.1, 0.15) is 0 Å². The third-order valence-electron chi connectivity index (χ3n) is 1.95. The van der Waals surface area contributed by atoms with Crippen LogP contribution in [0.3, 0.4) is 0 Å². The summed E-state index contributed by atoms with van der Waals surface area (Å²) in [5.74, 6) is -0.170. The van der Waals surface area contributed by atoms with Crippen LogP contribution in [0.1, 0.15) is 13.8 Å². The summed E-state index contributed by atoms with van der Waals surface area (Å²) in [5.41, 5.74) is -0.163. The van der Waals surface area contributed by atoms with Gasteiger partial charge in [0, 0.05) is 17.3 Å². The highest BCUT2D eigenvalue weighted by atomic mass is 35.5. The van der Waals surface area contributed by atoms with Gasteiger partial charge in [0.25, 0.3) is 0 Å². The van der Waals surface area contributed by atoms with Crippen molar-refractivity contribution in [2.75, 3.05) is 18.4 Å². The molecule has 0 radical (unpaired) electrons. The lowest BCUT2D eigenvalue weighted by Gasteiger charge is -2.17. The molecule has 0 saturated heterocycles. The monoisotopic (exact) mass is 256 g/mol. The summed E-state index contributed by atoms with van der Waals surface area (Å²) in [5, 5.41) is 15.6. The molecule has 4 nitrogen and oxygen atoms in total. The van der Waals surface area contributed by atoms with Crippen LogP contribution < -0.4 is 10.6 Å². The Bertz CT molecular complexity index is 388. The zero-order chi connectivity index (χ0) is 12.9. The molecule has 0 heterocycles. The third kappa shape index (κ3) is 6.26. The van der Waals surface area contributed by atoms with E-state index in [0.29, 0.717) is 17.3 Å². The van der Waals surface area contributed by atoms with Crippen molar-refractivity contribution in [2.24, 2.45) is 0 Å². The van der Waals surface area contributed by atoms with Crippen LogP contribution in [0.2, 0.25) is 5.02 Å². The molecular formula is C12H17ClN2O2. The van der Waals surface area contributed by atoms with E-state index < -0.39 is 5.60 Å². The van der Waals surface area contributed by atoms with Crippen LogP contribution in [0.25, 0.3) is 0 Å². The van der Waals surface area contributed by atoms with Crippen LogP contribution in [0.5, 0.6) is 0 Å². The van der Waals surface area contributed by atoms with E-state index in [9.17, 15) is 9.90 Å². The second-order valence-electron chi connectivity index (χ2n) is 4.47. The number of aliphatic hydroxyl groups is 1. The topological polar surface area (TPSA) is 61.4 Å². The molecular weight excluding hydrogens is 240 g/mol. The van der Waals surface area contributed by atoms with Crippen molar-refractivity contribution in [1.82, 2.24) is 5.32 Å². The van der Waals surface area contributed by atoms with Crippen LogP contribution in [0.4, 0.5) is 5.69 Å². The Hall–Kier alpha value is -1.10. The molecule has 0 fully saturated rings. The number of anilines is 1. The van der Waals surface area contributed by atoms with Gasteiger partial charge in [-0.15, -0.1) is 0 Å². The van der Waals surface area contributed by atoms with Crippen LogP contribution in [-0.4, -0.2) is 29.7 Å². The van der Waals surface area contributed by atoms with Crippen molar-refractivity contribution >= 4 is 23.2 Å². The fraction of sp³-hybridized carbons (Fsp3) is 0.417. The van der Waals surface area contributed by atoms with Crippen molar-refractivity contribution in [3.05, 3.63) is 29.3 Å². The number of benzene rings is 1. The van der Waals surface area contributed by atoms with E-state index in [0.717, 1.165) is 0 Å². The first-order valence-electron chi connectivity index (χ1n) is 5.35. The molecule has 0 aliphatic carbocycles. The fourth-order valence-electron chi connectivity index (χ4n) is 1.25. The second-order valence-corrected chi connectivity index (χ2v) is 4.91. The number of carbonyl (C=O) groups excluding carboxylic acids is 1. The maximum atomic E-state index is 11.5. The normalized spacial score (nSPS) is 11.3. The van der Waals surface area contributed by atoms with Crippen LogP contribution in [0.15, 0.2) is 24.3 Å². The molecule has 5 heteroatoms. The van der Waals surface area contributed by atoms with Crippen molar-refractivity contribution < 1.29 is 9.90 Å². The van der Waals surface area contributed by atoms with Gasteiger partial charge in [0.2, 0.25) is 5.91 Å². The molecule has 0 unspecified atom stereocenters. The molecule has 1 aromatic carbocycles. The maximum absolute atomic E-state index is 11.5. The molecule has 3 N–H and O–H groups in total. The Kier molecular flexibility index (Phi) is 4.93. The molecule has 0 aliphatic heterocycles. The number of carbonyl (C=O) groups is 1. The van der Waals surface area contributed by atoms with Gasteiger partial charge in [0.15, 0.2) is 0 Å². The molecule has 0 aliphatic rings. The number of nitrogens with one attached hydrogen (secondary N) is 2. The predicted octanol–water partition coefficient (Wildman–Crippen LogP) is 1.64. The van der Waals surface area contributed by atoms with Crippen molar-refractivity contribution in [2.45, 2.75) is 19.4 Å². The molecule has 94 valence electrons. The highest BCUT2D eigenvalue weighted by Crippen LogP contribution is 2.14. The number of amides is 1. The minimum Gasteiger partial charge on any atom is -0.389 e. The van der Waals surface area contributed by atoms with E-state index in [1.165, 1.54) is 0 Å². The smallest absolute Gasteiger partial charge is 0.238 e. The second kappa shape index (κ2) is 6.00. The zero-order valence-electron chi connectivity index (χ0n) is 9.96. The molecule has 0 aromatic heterocycles. The summed E-state index contributed by atoms with van der Waals surface area (Å²) in [6.45, 7) is 3.86. The lowest BCUT2D eigenvalue weighted by atomic mass is 10.1. The van der Waals surface area contributed by atoms with E-state index in [2.05, 4.69) is 10.6 Å². The van der Waals surface area contributed by atoms with Crippen molar-refractivity contribution in [3.63, 3.8) is 0 Å². The average Bonchev–Trinajstić information content (AvgIpc) is 2.15. The van der Waals surface area contributed by atoms with Crippen LogP contribution in [-0.2, 0) is 4.79 Å². The van der Waals surface area contributed by atoms with Gasteiger partial charge in [-0.05, 0) is 32.0 Å². The molecule has 0 spiro atoms. The summed E-state index contributed by atoms with van der Waals surface area (Å²) in [6.07, 6.45) is 0. The maximum Gasteiger partial charge on any atom is 0.238 e. The van der Waals surface area contributed by atoms with Gasteiger partial charge < -0.3 is 15.7 Å². The summed E-state index contributed by atoms with van der Waals surface area (Å²) >= 11 is 5.79. The number of halogens is 1. The Labute approximate surface area is 106 Å². The van der Waals surface area contributed by atoms with E-state index in [-0.39, 0.29) is 12.5 Å². The van der Waals surface area contributed by atoms with Crippen molar-refractivity contribution in [1.29, 1.82) is 0 Å². The Morgan fingerprint density at radius 2 is 2.18 bits per heavy atom. The molecule has 1 amide bonds. The van der Waals surface area contributed by atoms with E-state index in [1.54, 1.807) is 38.1 Å². The summed E-state index contributed by atoms with van der Waals surface area (Å²) in [7, 11) is 0. The first-order valence-corrected chi connectivity index (χ1v) is 5.73. The predicted molar refractivity (Wildman–Crippen MR) is 69.2 cm³/mol. The summed E-state index contributed by atoms with van der Waals surface area (Å²) in [6, 6.07) is 6.95. The zero-order valence-corrected chi connectivity index (χ0v) is 10.7. The highest BCUT2D eigenvalue weighted by Gasteiger charge is 2.12. The largest absolute Gasteiger partial charge is 0.389 e. The molecule has 17 heavy (non-hydrogen) atoms. The van der Waals surface area contributed by atoms with Gasteiger partial charge in [-0.1, -0.05) is 17.7 Å². The van der Waals surface area contributed by atoms with E-state index in [1.807, 2.05) is 0 Å². The molecule has 1 aromatic rings. The first-order chi connectivity index (χ1) is 7.87. The van der Waals surface area contributed by atoms with Gasteiger partial charge in [-0.3, -0.25) is 4.79 Å². The van der Waals surface area contributed by atoms with Gasteiger partial charge in [0.05, 0.1) is 12.1 Å². The Morgan fingerprint density at radius 3 is 2.76 bits per heavy atom. The van der Waals surface area contributed by atoms with Crippen molar-refractivity contribution in [3.8, 4) is 0 Å². The summed E-state index contributed by atoms with van der Waals surface area (Å²) in [4.78, 5) is 11.5. The van der Waals surface area contributed by atoms with Crippen LogP contribution >= 0.6 is 11.6 Å². The van der Waals surface area contributed by atoms with Gasteiger partial charge in [-0.2, -0.15) is 0 Å². The number of hydrogen-bond donors (Lipinski definition) is 3. The quantitative estimate of drug-likeness (QED) is 0.751. The molecule has 0 atom stereocenters. The number of hydrogen-bond acceptors (Lipinski definition) is 3. The fourth-order valence-corrected chi connectivity index (χ4v) is 1.44. The first kappa shape index (κ1) is 14.0. The lowest BCUT2D eigenvalue weighted by molar-refractivity contribution is -0.115. The van der Waals surface area contributed by atoms with Gasteiger partial charge >= 0.3 is 0 Å². The number of rotatable bonds is 5. The molecule has 0 bridgehead atoms. The van der Waals surface area contributed by atoms with E-state index in [4.69, 9.17) is 11.6 Å². The third-order valence-corrected chi connectivity index (χ3v) is 2.19. The molecule has 1 rings (SSSR count). The Morgan fingerprint density at radius 1 is 1.47 bits per heavy atom. The minimum atomic E-state index is -0.823. The SMILES string of the molecule is CC(C)(O)CNCC(=O)Nc1cccc(Cl)c1. The summed E-state index contributed by atoms with van der Waals surface area (Å²) < 4.78 is 0. The van der Waals surface area contributed by atoms with Gasteiger partial charge in [-0.25, -0.2) is 0 Å². The standard InChI is InChI=1S/C12H17ClN2O2/c1-12(2,17)8-14-7-11(16)15-10-5-3-4-9(13)6-10/h3-6,14,17H,7-8H2,1-2H3,(H,15,16). The minimum absolute atomic E-state index is 0.149. The highest BCUT2D eigenvalue weighted by molar-refractivity contribution is 6.30. The average molecular weight is 257 g/mol. The lowest BCUT2D eigenvalue weighted by Crippen LogP contribution is -2.38.